The molecule has 0 unspecified atom stereocenters. The van der Waals surface area contributed by atoms with Crippen LogP contribution in [-0.4, -0.2) is 36.0 Å². The Hall–Kier alpha value is -1.85. The lowest BCUT2D eigenvalue weighted by Crippen LogP contribution is -2.38. The Morgan fingerprint density at radius 1 is 1.36 bits per heavy atom. The van der Waals surface area contributed by atoms with Gasteiger partial charge in [0, 0.05) is 37.1 Å². The summed E-state index contributed by atoms with van der Waals surface area (Å²) in [5.74, 6) is 1.00. The first-order valence-electron chi connectivity index (χ1n) is 8.51. The highest BCUT2D eigenvalue weighted by molar-refractivity contribution is 5.88. The van der Waals surface area contributed by atoms with E-state index in [0.29, 0.717) is 6.54 Å². The lowest BCUT2D eigenvalue weighted by Gasteiger charge is -2.29. The molecule has 1 heterocycles. The molecule has 0 aliphatic heterocycles. The quantitative estimate of drug-likeness (QED) is 0.906. The van der Waals surface area contributed by atoms with Crippen LogP contribution in [0.15, 0.2) is 30.5 Å². The second kappa shape index (κ2) is 8.50. The highest BCUT2D eigenvalue weighted by Gasteiger charge is 2.27. The van der Waals surface area contributed by atoms with Crippen LogP contribution in [0.2, 0.25) is 0 Å². The van der Waals surface area contributed by atoms with Gasteiger partial charge in [-0.3, -0.25) is 9.78 Å². The Morgan fingerprint density at radius 3 is 2.88 bits per heavy atom. The predicted molar refractivity (Wildman–Crippen MR) is 102 cm³/mol. The first-order valence-corrected chi connectivity index (χ1v) is 8.51. The zero-order valence-corrected chi connectivity index (χ0v) is 15.6. The molecule has 1 saturated carbocycles. The second-order valence-electron chi connectivity index (χ2n) is 6.64. The minimum atomic E-state index is 0. The summed E-state index contributed by atoms with van der Waals surface area (Å²) in [5, 5.41) is 1.02. The van der Waals surface area contributed by atoms with Crippen molar-refractivity contribution in [1.29, 1.82) is 0 Å². The average Bonchev–Trinajstić information content (AvgIpc) is 2.61. The molecule has 136 valence electrons. The maximum Gasteiger partial charge on any atom is 0.225 e. The molecule has 2 N–H and O–H groups in total. The van der Waals surface area contributed by atoms with E-state index in [1.54, 1.807) is 13.3 Å². The number of carbonyl (C=O) groups is 1. The van der Waals surface area contributed by atoms with Crippen LogP contribution >= 0.6 is 12.4 Å². The lowest BCUT2D eigenvalue weighted by atomic mass is 9.85. The van der Waals surface area contributed by atoms with E-state index >= 15 is 0 Å². The van der Waals surface area contributed by atoms with Gasteiger partial charge in [0.15, 0.2) is 0 Å². The van der Waals surface area contributed by atoms with Crippen molar-refractivity contribution >= 4 is 29.2 Å². The number of ether oxygens (including phenoxy) is 1. The molecule has 2 atom stereocenters. The monoisotopic (exact) mass is 363 g/mol. The van der Waals surface area contributed by atoms with Crippen LogP contribution < -0.4 is 10.5 Å². The summed E-state index contributed by atoms with van der Waals surface area (Å²) in [4.78, 5) is 19.0. The number of carbonyl (C=O) groups excluding carboxylic acids is 1. The Morgan fingerprint density at radius 2 is 2.16 bits per heavy atom. The van der Waals surface area contributed by atoms with E-state index in [1.807, 2.05) is 36.2 Å². The summed E-state index contributed by atoms with van der Waals surface area (Å²) in [6, 6.07) is 8.02. The van der Waals surface area contributed by atoms with Crippen LogP contribution in [0.25, 0.3) is 10.9 Å². The van der Waals surface area contributed by atoms with E-state index < -0.39 is 0 Å². The summed E-state index contributed by atoms with van der Waals surface area (Å²) in [6.45, 7) is 0.566. The Balaban J connectivity index is 0.00000225. The highest BCUT2D eigenvalue weighted by atomic mass is 35.5. The number of benzene rings is 1. The number of methoxy groups -OCH3 is 1. The van der Waals surface area contributed by atoms with Gasteiger partial charge in [-0.25, -0.2) is 0 Å². The van der Waals surface area contributed by atoms with Gasteiger partial charge in [-0.15, -0.1) is 12.4 Å². The van der Waals surface area contributed by atoms with E-state index in [1.165, 1.54) is 0 Å². The molecule has 0 saturated heterocycles. The van der Waals surface area contributed by atoms with E-state index in [9.17, 15) is 4.79 Å². The largest absolute Gasteiger partial charge is 0.494 e. The van der Waals surface area contributed by atoms with Crippen molar-refractivity contribution in [2.24, 2.45) is 11.7 Å². The SMILES string of the molecule is COc1ccc(CN(C)C(=O)[C@@H]2CCC[C@H](N)C2)c2cccnc12.Cl. The number of aromatic nitrogens is 1. The van der Waals surface area contributed by atoms with Crippen LogP contribution in [0.1, 0.15) is 31.2 Å². The molecule has 1 aromatic heterocycles. The topological polar surface area (TPSA) is 68.5 Å². The van der Waals surface area contributed by atoms with E-state index in [0.717, 1.165) is 47.9 Å². The molecule has 0 bridgehead atoms. The van der Waals surface area contributed by atoms with Crippen molar-refractivity contribution < 1.29 is 9.53 Å². The van der Waals surface area contributed by atoms with Crippen molar-refractivity contribution in [1.82, 2.24) is 9.88 Å². The molecule has 25 heavy (non-hydrogen) atoms. The number of hydrogen-bond acceptors (Lipinski definition) is 4. The molecule has 1 aliphatic rings. The highest BCUT2D eigenvalue weighted by Crippen LogP contribution is 2.29. The molecule has 0 spiro atoms. The molecule has 1 amide bonds. The first-order chi connectivity index (χ1) is 11.6. The lowest BCUT2D eigenvalue weighted by molar-refractivity contribution is -0.135. The summed E-state index contributed by atoms with van der Waals surface area (Å²) in [7, 11) is 3.51. The molecule has 5 nitrogen and oxygen atoms in total. The third kappa shape index (κ3) is 4.22. The summed E-state index contributed by atoms with van der Waals surface area (Å²) in [6.07, 6.45) is 5.58. The van der Waals surface area contributed by atoms with E-state index in [-0.39, 0.29) is 30.3 Å². The predicted octanol–water partition coefficient (Wildman–Crippen LogP) is 3.14. The number of halogens is 1. The summed E-state index contributed by atoms with van der Waals surface area (Å²) >= 11 is 0. The van der Waals surface area contributed by atoms with Crippen molar-refractivity contribution in [2.75, 3.05) is 14.2 Å². The third-order valence-electron chi connectivity index (χ3n) is 4.89. The van der Waals surface area contributed by atoms with Crippen molar-refractivity contribution in [3.05, 3.63) is 36.0 Å². The van der Waals surface area contributed by atoms with Gasteiger partial charge < -0.3 is 15.4 Å². The Bertz CT molecular complexity index is 738. The molecule has 1 aliphatic carbocycles. The molecule has 3 rings (SSSR count). The fraction of sp³-hybridized carbons (Fsp3) is 0.474. The van der Waals surface area contributed by atoms with Gasteiger partial charge in [0.1, 0.15) is 11.3 Å². The van der Waals surface area contributed by atoms with Crippen LogP contribution in [0.4, 0.5) is 0 Å². The molecule has 1 fully saturated rings. The maximum atomic E-state index is 12.7. The smallest absolute Gasteiger partial charge is 0.225 e. The van der Waals surface area contributed by atoms with E-state index in [2.05, 4.69) is 4.98 Å². The molecular formula is C19H26ClN3O2. The number of nitrogens with two attached hydrogens (primary N) is 1. The molecule has 1 aromatic carbocycles. The zero-order valence-electron chi connectivity index (χ0n) is 14.8. The summed E-state index contributed by atoms with van der Waals surface area (Å²) in [5.41, 5.74) is 7.94. The van der Waals surface area contributed by atoms with Crippen LogP contribution in [0, 0.1) is 5.92 Å². The first kappa shape index (κ1) is 19.5. The Labute approximate surface area is 155 Å². The molecule has 6 heteroatoms. The van der Waals surface area contributed by atoms with Crippen molar-refractivity contribution in [2.45, 2.75) is 38.3 Å². The fourth-order valence-electron chi connectivity index (χ4n) is 3.61. The molecule has 2 aromatic rings. The number of rotatable bonds is 4. The van der Waals surface area contributed by atoms with Crippen LogP contribution in [0.5, 0.6) is 5.75 Å². The number of hydrogen-bond donors (Lipinski definition) is 1. The van der Waals surface area contributed by atoms with Gasteiger partial charge in [-0.1, -0.05) is 18.6 Å². The molecule has 0 radical (unpaired) electrons. The Kier molecular flexibility index (Phi) is 6.62. The average molecular weight is 364 g/mol. The summed E-state index contributed by atoms with van der Waals surface area (Å²) < 4.78 is 5.38. The minimum absolute atomic E-state index is 0. The number of amides is 1. The molecular weight excluding hydrogens is 338 g/mol. The second-order valence-corrected chi connectivity index (χ2v) is 6.64. The van der Waals surface area contributed by atoms with Gasteiger partial charge in [0.05, 0.1) is 7.11 Å². The zero-order chi connectivity index (χ0) is 17.1. The van der Waals surface area contributed by atoms with Gasteiger partial charge >= 0.3 is 0 Å². The van der Waals surface area contributed by atoms with Crippen LogP contribution in [0.3, 0.4) is 0 Å². The van der Waals surface area contributed by atoms with Crippen LogP contribution in [-0.2, 0) is 11.3 Å². The number of pyridine rings is 1. The van der Waals surface area contributed by atoms with Crippen molar-refractivity contribution in [3.63, 3.8) is 0 Å². The minimum Gasteiger partial charge on any atom is -0.494 e. The standard InChI is InChI=1S/C19H25N3O2.ClH/c1-22(19(23)13-5-3-6-15(20)11-13)12-14-8-9-17(24-2)18-16(14)7-4-10-21-18;/h4,7-10,13,15H,3,5-6,11-12,20H2,1-2H3;1H/t13-,15+;/m1./s1. The fourth-order valence-corrected chi connectivity index (χ4v) is 3.61. The normalized spacial score (nSPS) is 20.0. The maximum absolute atomic E-state index is 12.7. The van der Waals surface area contributed by atoms with Gasteiger partial charge in [0.2, 0.25) is 5.91 Å². The van der Waals surface area contributed by atoms with Gasteiger partial charge in [-0.05, 0) is 37.0 Å². The van der Waals surface area contributed by atoms with Crippen molar-refractivity contribution in [3.8, 4) is 5.75 Å². The van der Waals surface area contributed by atoms with Gasteiger partial charge in [0.25, 0.3) is 0 Å². The number of fused-ring (bicyclic) bond motifs is 1. The number of nitrogens with zero attached hydrogens (tertiary/aromatic N) is 2. The van der Waals surface area contributed by atoms with Gasteiger partial charge in [-0.2, -0.15) is 0 Å². The third-order valence-corrected chi connectivity index (χ3v) is 4.89. The van der Waals surface area contributed by atoms with E-state index in [4.69, 9.17) is 10.5 Å².